The van der Waals surface area contributed by atoms with Crippen LogP contribution >= 0.6 is 22.6 Å². The summed E-state index contributed by atoms with van der Waals surface area (Å²) in [6.07, 6.45) is 0.251. The summed E-state index contributed by atoms with van der Waals surface area (Å²) in [5, 5.41) is 8.62. The molecular formula is C12H16INO4S. The zero-order valence-corrected chi connectivity index (χ0v) is 13.5. The first-order chi connectivity index (χ1) is 8.86. The van der Waals surface area contributed by atoms with Crippen LogP contribution in [0.5, 0.6) is 0 Å². The number of rotatable bonds is 7. The fraction of sp³-hybridized carbons (Fsp3) is 0.417. The summed E-state index contributed by atoms with van der Waals surface area (Å²) in [6.45, 7) is 1.76. The van der Waals surface area contributed by atoms with Crippen LogP contribution in [0.15, 0.2) is 24.3 Å². The first-order valence-corrected chi connectivity index (χ1v) is 8.53. The van der Waals surface area contributed by atoms with Crippen LogP contribution in [0.1, 0.15) is 19.8 Å². The predicted molar refractivity (Wildman–Crippen MR) is 82.8 cm³/mol. The summed E-state index contributed by atoms with van der Waals surface area (Å²) in [4.78, 5) is 10.5. The van der Waals surface area contributed by atoms with Crippen LogP contribution in [-0.4, -0.2) is 31.8 Å². The van der Waals surface area contributed by atoms with Gasteiger partial charge >= 0.3 is 5.97 Å². The van der Waals surface area contributed by atoms with Crippen molar-refractivity contribution in [2.24, 2.45) is 0 Å². The van der Waals surface area contributed by atoms with Gasteiger partial charge in [-0.3, -0.25) is 9.10 Å². The van der Waals surface area contributed by atoms with Gasteiger partial charge in [0.2, 0.25) is 10.0 Å². The molecule has 0 atom stereocenters. The Morgan fingerprint density at radius 1 is 1.32 bits per heavy atom. The van der Waals surface area contributed by atoms with Gasteiger partial charge in [-0.15, -0.1) is 0 Å². The molecule has 0 spiro atoms. The average Bonchev–Trinajstić information content (AvgIpc) is 2.35. The number of carboxylic acids is 1. The van der Waals surface area contributed by atoms with E-state index >= 15 is 0 Å². The van der Waals surface area contributed by atoms with Crippen molar-refractivity contribution in [3.8, 4) is 0 Å². The van der Waals surface area contributed by atoms with Gasteiger partial charge in [0.05, 0.1) is 11.4 Å². The zero-order chi connectivity index (χ0) is 14.5. The highest BCUT2D eigenvalue weighted by Gasteiger charge is 2.20. The minimum atomic E-state index is -3.39. The van der Waals surface area contributed by atoms with Gasteiger partial charge in [-0.1, -0.05) is 0 Å². The molecular weight excluding hydrogens is 381 g/mol. The maximum absolute atomic E-state index is 12.0. The van der Waals surface area contributed by atoms with Gasteiger partial charge in [-0.2, -0.15) is 0 Å². The normalized spacial score (nSPS) is 11.3. The lowest BCUT2D eigenvalue weighted by Gasteiger charge is -2.23. The van der Waals surface area contributed by atoms with Gasteiger partial charge in [0.25, 0.3) is 0 Å². The number of nitrogens with zero attached hydrogens (tertiary/aromatic N) is 1. The van der Waals surface area contributed by atoms with Crippen LogP contribution < -0.4 is 4.31 Å². The number of hydrogen-bond acceptors (Lipinski definition) is 3. The Hall–Kier alpha value is -0.830. The van der Waals surface area contributed by atoms with E-state index in [4.69, 9.17) is 5.11 Å². The van der Waals surface area contributed by atoms with Crippen LogP contribution in [0.25, 0.3) is 0 Å². The van der Waals surface area contributed by atoms with Crippen molar-refractivity contribution in [1.82, 2.24) is 0 Å². The lowest BCUT2D eigenvalue weighted by Crippen LogP contribution is -2.33. The predicted octanol–water partition coefficient (Wildman–Crippen LogP) is 2.31. The van der Waals surface area contributed by atoms with Gasteiger partial charge in [-0.05, 0) is 60.2 Å². The largest absolute Gasteiger partial charge is 0.481 e. The molecule has 0 amide bonds. The molecule has 1 aromatic rings. The van der Waals surface area contributed by atoms with Crippen molar-refractivity contribution in [2.45, 2.75) is 19.8 Å². The fourth-order valence-electron chi connectivity index (χ4n) is 1.57. The van der Waals surface area contributed by atoms with Crippen LogP contribution in [0.2, 0.25) is 0 Å². The molecule has 106 valence electrons. The van der Waals surface area contributed by atoms with Crippen LogP contribution in [0, 0.1) is 3.57 Å². The molecule has 1 rings (SSSR count). The molecule has 0 heterocycles. The summed E-state index contributed by atoms with van der Waals surface area (Å²) in [6, 6.07) is 7.11. The van der Waals surface area contributed by atoms with E-state index in [1.165, 1.54) is 4.31 Å². The number of hydrogen-bond donors (Lipinski definition) is 1. The van der Waals surface area contributed by atoms with Gasteiger partial charge in [-0.25, -0.2) is 8.42 Å². The number of benzene rings is 1. The van der Waals surface area contributed by atoms with E-state index in [0.29, 0.717) is 12.1 Å². The third-order valence-corrected chi connectivity index (χ3v) is 5.08. The molecule has 0 aliphatic heterocycles. The fourth-order valence-corrected chi connectivity index (χ4v) is 3.09. The standard InChI is InChI=1S/C12H16INO4S/c1-2-19(17,18)14(9-3-4-12(15)16)11-7-5-10(13)6-8-11/h5-8H,2-4,9H2,1H3,(H,15,16). The SMILES string of the molecule is CCS(=O)(=O)N(CCCC(=O)O)c1ccc(I)cc1. The Balaban J connectivity index is 2.93. The molecule has 0 aromatic heterocycles. The highest BCUT2D eigenvalue weighted by Crippen LogP contribution is 2.20. The molecule has 5 nitrogen and oxygen atoms in total. The van der Waals surface area contributed by atoms with Gasteiger partial charge < -0.3 is 5.11 Å². The van der Waals surface area contributed by atoms with E-state index in [1.54, 1.807) is 19.1 Å². The van der Waals surface area contributed by atoms with Gasteiger partial charge in [0.15, 0.2) is 0 Å². The van der Waals surface area contributed by atoms with E-state index < -0.39 is 16.0 Å². The number of aliphatic carboxylic acids is 1. The Morgan fingerprint density at radius 2 is 1.89 bits per heavy atom. The summed E-state index contributed by atoms with van der Waals surface area (Å²) in [5.41, 5.74) is 0.577. The molecule has 7 heteroatoms. The van der Waals surface area contributed by atoms with E-state index in [-0.39, 0.29) is 18.7 Å². The van der Waals surface area contributed by atoms with Crippen LogP contribution in [-0.2, 0) is 14.8 Å². The lowest BCUT2D eigenvalue weighted by molar-refractivity contribution is -0.137. The third-order valence-electron chi connectivity index (χ3n) is 2.57. The molecule has 1 aromatic carbocycles. The van der Waals surface area contributed by atoms with E-state index in [1.807, 2.05) is 12.1 Å². The van der Waals surface area contributed by atoms with Crippen molar-refractivity contribution in [2.75, 3.05) is 16.6 Å². The first-order valence-electron chi connectivity index (χ1n) is 5.84. The Labute approximate surface area is 126 Å². The molecule has 0 radical (unpaired) electrons. The van der Waals surface area contributed by atoms with Crippen molar-refractivity contribution >= 4 is 44.3 Å². The third kappa shape index (κ3) is 4.98. The molecule has 0 saturated carbocycles. The highest BCUT2D eigenvalue weighted by molar-refractivity contribution is 14.1. The molecule has 0 fully saturated rings. The van der Waals surface area contributed by atoms with E-state index in [2.05, 4.69) is 22.6 Å². The second-order valence-electron chi connectivity index (χ2n) is 3.95. The number of anilines is 1. The Morgan fingerprint density at radius 3 is 2.37 bits per heavy atom. The van der Waals surface area contributed by atoms with Crippen molar-refractivity contribution in [1.29, 1.82) is 0 Å². The Kier molecular flexibility index (Phi) is 6.05. The summed E-state index contributed by atoms with van der Waals surface area (Å²) < 4.78 is 26.4. The first kappa shape index (κ1) is 16.2. The van der Waals surface area contributed by atoms with Crippen LogP contribution in [0.4, 0.5) is 5.69 Å². The van der Waals surface area contributed by atoms with Crippen molar-refractivity contribution in [3.63, 3.8) is 0 Å². The molecule has 0 unspecified atom stereocenters. The number of carbonyl (C=O) groups is 1. The van der Waals surface area contributed by atoms with Gasteiger partial charge in [0, 0.05) is 16.5 Å². The quantitative estimate of drug-likeness (QED) is 0.717. The zero-order valence-electron chi connectivity index (χ0n) is 10.5. The molecule has 1 N–H and O–H groups in total. The second kappa shape index (κ2) is 7.09. The summed E-state index contributed by atoms with van der Waals surface area (Å²) in [7, 11) is -3.39. The van der Waals surface area contributed by atoms with Crippen LogP contribution in [0.3, 0.4) is 0 Å². The van der Waals surface area contributed by atoms with Gasteiger partial charge in [0.1, 0.15) is 0 Å². The Bertz CT molecular complexity index is 527. The molecule has 19 heavy (non-hydrogen) atoms. The summed E-state index contributed by atoms with van der Waals surface area (Å²) >= 11 is 2.14. The topological polar surface area (TPSA) is 74.7 Å². The molecule has 0 aliphatic rings. The van der Waals surface area contributed by atoms with Crippen molar-refractivity contribution in [3.05, 3.63) is 27.8 Å². The minimum absolute atomic E-state index is 0.00788. The van der Waals surface area contributed by atoms with Crippen molar-refractivity contribution < 1.29 is 18.3 Å². The number of sulfonamides is 1. The molecule has 0 saturated heterocycles. The molecule has 0 bridgehead atoms. The smallest absolute Gasteiger partial charge is 0.303 e. The highest BCUT2D eigenvalue weighted by atomic mass is 127. The molecule has 0 aliphatic carbocycles. The number of halogens is 1. The lowest BCUT2D eigenvalue weighted by atomic mass is 10.3. The monoisotopic (exact) mass is 397 g/mol. The summed E-state index contributed by atoms with van der Waals surface area (Å²) in [5.74, 6) is -0.928. The second-order valence-corrected chi connectivity index (χ2v) is 7.37. The average molecular weight is 397 g/mol. The maximum Gasteiger partial charge on any atom is 0.303 e. The minimum Gasteiger partial charge on any atom is -0.481 e. The van der Waals surface area contributed by atoms with E-state index in [9.17, 15) is 13.2 Å². The van der Waals surface area contributed by atoms with E-state index in [0.717, 1.165) is 3.57 Å². The maximum atomic E-state index is 12.0. The number of carboxylic acid groups (broad SMARTS) is 1.